The second-order valence-corrected chi connectivity index (χ2v) is 4.88. The van der Waals surface area contributed by atoms with Crippen molar-refractivity contribution < 1.29 is 4.79 Å². The monoisotopic (exact) mass is 240 g/mol. The summed E-state index contributed by atoms with van der Waals surface area (Å²) in [5, 5.41) is 5.61. The van der Waals surface area contributed by atoms with Crippen LogP contribution >= 0.6 is 0 Å². The van der Waals surface area contributed by atoms with Crippen LogP contribution in [0.1, 0.15) is 24.4 Å². The Morgan fingerprint density at radius 3 is 2.56 bits per heavy atom. The van der Waals surface area contributed by atoms with Crippen molar-refractivity contribution in [3.05, 3.63) is 48.0 Å². The summed E-state index contributed by atoms with van der Waals surface area (Å²) in [4.78, 5) is 11.6. The highest BCUT2D eigenvalue weighted by Gasteiger charge is 2.28. The molecule has 1 aliphatic carbocycles. The van der Waals surface area contributed by atoms with Crippen LogP contribution < -0.4 is 11.1 Å². The standard InChI is InChI=1S/C15H16N2O/c16-15(18)14(17-13-7-8-13)12-6-5-10-3-1-2-4-11(10)9-12/h1-6,9,13-14,17H,7-8H2,(H2,16,18). The van der Waals surface area contributed by atoms with Gasteiger partial charge in [-0.25, -0.2) is 0 Å². The van der Waals surface area contributed by atoms with Gasteiger partial charge in [0.15, 0.2) is 0 Å². The zero-order valence-electron chi connectivity index (χ0n) is 10.1. The van der Waals surface area contributed by atoms with E-state index in [1.807, 2.05) is 36.4 Å². The van der Waals surface area contributed by atoms with Gasteiger partial charge in [-0.3, -0.25) is 10.1 Å². The lowest BCUT2D eigenvalue weighted by atomic mass is 10.0. The van der Waals surface area contributed by atoms with Crippen LogP contribution in [-0.2, 0) is 4.79 Å². The summed E-state index contributed by atoms with van der Waals surface area (Å²) < 4.78 is 0. The molecule has 3 N–H and O–H groups in total. The number of carbonyl (C=O) groups excluding carboxylic acids is 1. The van der Waals surface area contributed by atoms with Crippen molar-refractivity contribution in [2.75, 3.05) is 0 Å². The Hall–Kier alpha value is -1.87. The number of nitrogens with two attached hydrogens (primary N) is 1. The zero-order chi connectivity index (χ0) is 12.5. The molecule has 3 rings (SSSR count). The predicted octanol–water partition coefficient (Wildman–Crippen LogP) is 2.12. The van der Waals surface area contributed by atoms with Crippen LogP contribution in [-0.4, -0.2) is 11.9 Å². The average Bonchev–Trinajstić information content (AvgIpc) is 3.19. The van der Waals surface area contributed by atoms with E-state index in [2.05, 4.69) is 11.4 Å². The molecule has 0 radical (unpaired) electrons. The van der Waals surface area contributed by atoms with Gasteiger partial charge in [-0.2, -0.15) is 0 Å². The van der Waals surface area contributed by atoms with Crippen molar-refractivity contribution in [1.82, 2.24) is 5.32 Å². The van der Waals surface area contributed by atoms with Gasteiger partial charge in [-0.15, -0.1) is 0 Å². The highest BCUT2D eigenvalue weighted by atomic mass is 16.1. The molecule has 2 aromatic carbocycles. The molecule has 0 aromatic heterocycles. The van der Waals surface area contributed by atoms with Gasteiger partial charge < -0.3 is 5.73 Å². The number of hydrogen-bond acceptors (Lipinski definition) is 2. The highest BCUT2D eigenvalue weighted by Crippen LogP contribution is 2.26. The Labute approximate surface area is 106 Å². The van der Waals surface area contributed by atoms with E-state index in [4.69, 9.17) is 5.73 Å². The van der Waals surface area contributed by atoms with Crippen molar-refractivity contribution in [3.8, 4) is 0 Å². The molecule has 1 amide bonds. The molecule has 0 aliphatic heterocycles. The third-order valence-corrected chi connectivity index (χ3v) is 3.37. The van der Waals surface area contributed by atoms with Crippen LogP contribution in [0.15, 0.2) is 42.5 Å². The maximum absolute atomic E-state index is 11.6. The molecule has 0 bridgehead atoms. The van der Waals surface area contributed by atoms with Gasteiger partial charge in [0.1, 0.15) is 6.04 Å². The van der Waals surface area contributed by atoms with Crippen LogP contribution in [0.25, 0.3) is 10.8 Å². The van der Waals surface area contributed by atoms with Crippen molar-refractivity contribution in [3.63, 3.8) is 0 Å². The lowest BCUT2D eigenvalue weighted by Gasteiger charge is -2.16. The number of hydrogen-bond donors (Lipinski definition) is 2. The number of benzene rings is 2. The third-order valence-electron chi connectivity index (χ3n) is 3.37. The largest absolute Gasteiger partial charge is 0.368 e. The summed E-state index contributed by atoms with van der Waals surface area (Å²) in [5.74, 6) is -0.308. The Morgan fingerprint density at radius 2 is 1.89 bits per heavy atom. The third kappa shape index (κ3) is 2.22. The van der Waals surface area contributed by atoms with Gasteiger partial charge in [0.2, 0.25) is 5.91 Å². The molecular formula is C15H16N2O. The molecule has 1 saturated carbocycles. The van der Waals surface area contributed by atoms with Crippen LogP contribution in [0.5, 0.6) is 0 Å². The molecule has 0 spiro atoms. The molecule has 0 heterocycles. The maximum Gasteiger partial charge on any atom is 0.239 e. The van der Waals surface area contributed by atoms with Gasteiger partial charge in [-0.1, -0.05) is 36.4 Å². The zero-order valence-corrected chi connectivity index (χ0v) is 10.1. The molecule has 1 unspecified atom stereocenters. The minimum atomic E-state index is -0.373. The fourth-order valence-electron chi connectivity index (χ4n) is 2.22. The Kier molecular flexibility index (Phi) is 2.76. The summed E-state index contributed by atoms with van der Waals surface area (Å²) in [6.45, 7) is 0. The van der Waals surface area contributed by atoms with Gasteiger partial charge in [0, 0.05) is 6.04 Å². The van der Waals surface area contributed by atoms with E-state index in [-0.39, 0.29) is 11.9 Å². The molecule has 3 nitrogen and oxygen atoms in total. The first kappa shape index (κ1) is 11.2. The predicted molar refractivity (Wildman–Crippen MR) is 72.0 cm³/mol. The molecular weight excluding hydrogens is 224 g/mol. The van der Waals surface area contributed by atoms with E-state index in [0.717, 1.165) is 23.8 Å². The fraction of sp³-hybridized carbons (Fsp3) is 0.267. The number of primary amides is 1. The van der Waals surface area contributed by atoms with Crippen molar-refractivity contribution in [1.29, 1.82) is 0 Å². The number of nitrogens with one attached hydrogen (secondary N) is 1. The van der Waals surface area contributed by atoms with E-state index in [0.29, 0.717) is 6.04 Å². The van der Waals surface area contributed by atoms with Gasteiger partial charge >= 0.3 is 0 Å². The van der Waals surface area contributed by atoms with E-state index < -0.39 is 0 Å². The first-order valence-corrected chi connectivity index (χ1v) is 6.28. The normalized spacial score (nSPS) is 16.7. The van der Waals surface area contributed by atoms with Gasteiger partial charge in [-0.05, 0) is 35.2 Å². The summed E-state index contributed by atoms with van der Waals surface area (Å²) in [5.41, 5.74) is 6.44. The first-order chi connectivity index (χ1) is 8.74. The maximum atomic E-state index is 11.6. The van der Waals surface area contributed by atoms with Crippen LogP contribution in [0.4, 0.5) is 0 Å². The van der Waals surface area contributed by atoms with Crippen molar-refractivity contribution in [2.24, 2.45) is 5.73 Å². The van der Waals surface area contributed by atoms with E-state index in [1.165, 1.54) is 5.39 Å². The minimum Gasteiger partial charge on any atom is -0.368 e. The van der Waals surface area contributed by atoms with Crippen molar-refractivity contribution in [2.45, 2.75) is 24.9 Å². The van der Waals surface area contributed by atoms with E-state index in [1.54, 1.807) is 0 Å². The SMILES string of the molecule is NC(=O)C(NC1CC1)c1ccc2ccccc2c1. The fourth-order valence-corrected chi connectivity index (χ4v) is 2.22. The Morgan fingerprint density at radius 1 is 1.17 bits per heavy atom. The van der Waals surface area contributed by atoms with Crippen LogP contribution in [0, 0.1) is 0 Å². The lowest BCUT2D eigenvalue weighted by Crippen LogP contribution is -2.34. The van der Waals surface area contributed by atoms with Gasteiger partial charge in [0.25, 0.3) is 0 Å². The second-order valence-electron chi connectivity index (χ2n) is 4.88. The quantitative estimate of drug-likeness (QED) is 0.860. The molecule has 1 aliphatic rings. The summed E-state index contributed by atoms with van der Waals surface area (Å²) in [7, 11) is 0. The van der Waals surface area contributed by atoms with Crippen molar-refractivity contribution >= 4 is 16.7 Å². The van der Waals surface area contributed by atoms with E-state index in [9.17, 15) is 4.79 Å². The Bertz CT molecular complexity index is 590. The number of fused-ring (bicyclic) bond motifs is 1. The smallest absolute Gasteiger partial charge is 0.239 e. The lowest BCUT2D eigenvalue weighted by molar-refractivity contribution is -0.120. The van der Waals surface area contributed by atoms with Crippen LogP contribution in [0.2, 0.25) is 0 Å². The minimum absolute atomic E-state index is 0.308. The number of carbonyl (C=O) groups is 1. The molecule has 0 saturated heterocycles. The second kappa shape index (κ2) is 4.42. The Balaban J connectivity index is 1.97. The summed E-state index contributed by atoms with van der Waals surface area (Å²) in [6, 6.07) is 14.3. The van der Waals surface area contributed by atoms with E-state index >= 15 is 0 Å². The molecule has 18 heavy (non-hydrogen) atoms. The van der Waals surface area contributed by atoms with Gasteiger partial charge in [0.05, 0.1) is 0 Å². The average molecular weight is 240 g/mol. The summed E-state index contributed by atoms with van der Waals surface area (Å²) >= 11 is 0. The molecule has 1 fully saturated rings. The number of amides is 1. The molecule has 3 heteroatoms. The molecule has 1 atom stereocenters. The topological polar surface area (TPSA) is 55.1 Å². The molecule has 2 aromatic rings. The van der Waals surface area contributed by atoms with Crippen LogP contribution in [0.3, 0.4) is 0 Å². The summed E-state index contributed by atoms with van der Waals surface area (Å²) in [6.07, 6.45) is 2.27. The first-order valence-electron chi connectivity index (χ1n) is 6.28. The highest BCUT2D eigenvalue weighted by molar-refractivity contribution is 5.86. The number of rotatable bonds is 4. The molecule has 92 valence electrons.